The Morgan fingerprint density at radius 3 is 1.85 bits per heavy atom. The minimum absolute atomic E-state index is 0.0781. The standard InChI is InChI=1S/C25H31N3O.2C2H2O4/c1-20-19-23-12-6-7-13-24(23)28(20)25(29)21(2)27-17-15-26(16-18-27)14-8-11-22-9-4-3-5-10-22;2*3-1(4)2(5)6/h3-13,20-21H,14-19H2,1-2H3;2*(H,3,4)(H,5,6). The van der Waals surface area contributed by atoms with E-state index in [0.29, 0.717) is 0 Å². The minimum atomic E-state index is -1.82. The van der Waals surface area contributed by atoms with Crippen molar-refractivity contribution in [1.29, 1.82) is 0 Å². The van der Waals surface area contributed by atoms with Crippen molar-refractivity contribution in [3.05, 3.63) is 71.8 Å². The van der Waals surface area contributed by atoms with Crippen molar-refractivity contribution in [2.45, 2.75) is 32.4 Å². The molecule has 1 fully saturated rings. The fourth-order valence-corrected chi connectivity index (χ4v) is 4.49. The average molecular weight is 570 g/mol. The Morgan fingerprint density at radius 2 is 1.32 bits per heavy atom. The normalized spacial score (nSPS) is 17.3. The molecule has 220 valence electrons. The van der Waals surface area contributed by atoms with Crippen LogP contribution in [0.25, 0.3) is 6.08 Å². The number of aliphatic carboxylic acids is 4. The summed E-state index contributed by atoms with van der Waals surface area (Å²) in [6, 6.07) is 18.9. The van der Waals surface area contributed by atoms with Gasteiger partial charge in [0.15, 0.2) is 0 Å². The highest BCUT2D eigenvalue weighted by Gasteiger charge is 2.35. The second kappa shape index (κ2) is 15.9. The first-order valence-corrected chi connectivity index (χ1v) is 12.9. The number of para-hydroxylation sites is 1. The van der Waals surface area contributed by atoms with Gasteiger partial charge in [-0.05, 0) is 37.5 Å². The molecule has 41 heavy (non-hydrogen) atoms. The number of benzene rings is 2. The van der Waals surface area contributed by atoms with Crippen molar-refractivity contribution in [2.75, 3.05) is 37.6 Å². The third-order valence-corrected chi connectivity index (χ3v) is 6.60. The molecule has 4 N–H and O–H groups in total. The Bertz CT molecular complexity index is 1190. The number of piperazine rings is 1. The molecular weight excluding hydrogens is 534 g/mol. The van der Waals surface area contributed by atoms with Crippen LogP contribution in [-0.4, -0.2) is 105 Å². The smallest absolute Gasteiger partial charge is 0.414 e. The van der Waals surface area contributed by atoms with Gasteiger partial charge in [0.2, 0.25) is 5.91 Å². The number of rotatable bonds is 5. The van der Waals surface area contributed by atoms with Crippen molar-refractivity contribution in [3.8, 4) is 0 Å². The number of fused-ring (bicyclic) bond motifs is 1. The van der Waals surface area contributed by atoms with E-state index in [0.717, 1.165) is 44.8 Å². The molecular formula is C29H35N3O9. The van der Waals surface area contributed by atoms with Crippen LogP contribution in [0.2, 0.25) is 0 Å². The Hall–Kier alpha value is -4.55. The summed E-state index contributed by atoms with van der Waals surface area (Å²) in [5, 5.41) is 29.6. The highest BCUT2D eigenvalue weighted by molar-refractivity contribution is 6.27. The van der Waals surface area contributed by atoms with E-state index in [1.807, 2.05) is 17.0 Å². The number of nitrogens with zero attached hydrogens (tertiary/aromatic N) is 3. The third kappa shape index (κ3) is 10.2. The summed E-state index contributed by atoms with van der Waals surface area (Å²) >= 11 is 0. The van der Waals surface area contributed by atoms with Crippen LogP contribution < -0.4 is 4.90 Å². The van der Waals surface area contributed by atoms with Gasteiger partial charge in [0.25, 0.3) is 0 Å². The predicted octanol–water partition coefficient (Wildman–Crippen LogP) is 1.99. The van der Waals surface area contributed by atoms with Crippen LogP contribution in [0.3, 0.4) is 0 Å². The van der Waals surface area contributed by atoms with E-state index in [-0.39, 0.29) is 18.0 Å². The quantitative estimate of drug-likeness (QED) is 0.387. The molecule has 2 aliphatic heterocycles. The van der Waals surface area contributed by atoms with Crippen molar-refractivity contribution >= 4 is 41.5 Å². The van der Waals surface area contributed by atoms with E-state index in [4.69, 9.17) is 39.6 Å². The van der Waals surface area contributed by atoms with Crippen LogP contribution in [0.4, 0.5) is 5.69 Å². The fraction of sp³-hybridized carbons (Fsp3) is 0.345. The lowest BCUT2D eigenvalue weighted by molar-refractivity contribution is -0.159. The summed E-state index contributed by atoms with van der Waals surface area (Å²) in [5.74, 6) is -7.06. The van der Waals surface area contributed by atoms with Crippen LogP contribution >= 0.6 is 0 Å². The van der Waals surface area contributed by atoms with Gasteiger partial charge in [0.05, 0.1) is 6.04 Å². The van der Waals surface area contributed by atoms with Gasteiger partial charge in [0, 0.05) is 44.5 Å². The van der Waals surface area contributed by atoms with Crippen molar-refractivity contribution in [1.82, 2.24) is 9.80 Å². The maximum absolute atomic E-state index is 13.3. The zero-order chi connectivity index (χ0) is 30.5. The molecule has 2 aliphatic rings. The Morgan fingerprint density at radius 1 is 0.805 bits per heavy atom. The lowest BCUT2D eigenvalue weighted by Crippen LogP contribution is -2.55. The van der Waals surface area contributed by atoms with Crippen LogP contribution in [0.5, 0.6) is 0 Å². The lowest BCUT2D eigenvalue weighted by Gasteiger charge is -2.38. The largest absolute Gasteiger partial charge is 0.473 e. The predicted molar refractivity (Wildman–Crippen MR) is 151 cm³/mol. The number of carboxylic acid groups (broad SMARTS) is 4. The van der Waals surface area contributed by atoms with Crippen LogP contribution in [0, 0.1) is 0 Å². The Labute approximate surface area is 237 Å². The highest BCUT2D eigenvalue weighted by Crippen LogP contribution is 2.32. The molecule has 4 rings (SSSR count). The number of amides is 1. The summed E-state index contributed by atoms with van der Waals surface area (Å²) in [5.41, 5.74) is 3.63. The molecule has 12 heteroatoms. The maximum Gasteiger partial charge on any atom is 0.414 e. The highest BCUT2D eigenvalue weighted by atomic mass is 16.4. The zero-order valence-electron chi connectivity index (χ0n) is 22.9. The average Bonchev–Trinajstić information content (AvgIpc) is 3.29. The van der Waals surface area contributed by atoms with E-state index in [1.165, 1.54) is 11.1 Å². The topological polar surface area (TPSA) is 176 Å². The summed E-state index contributed by atoms with van der Waals surface area (Å²) in [4.78, 5) is 56.5. The molecule has 0 spiro atoms. The molecule has 1 amide bonds. The van der Waals surface area contributed by atoms with Crippen molar-refractivity contribution < 1.29 is 44.4 Å². The van der Waals surface area contributed by atoms with Crippen LogP contribution in [0.1, 0.15) is 25.0 Å². The number of carboxylic acids is 4. The first-order valence-electron chi connectivity index (χ1n) is 12.9. The van der Waals surface area contributed by atoms with Crippen molar-refractivity contribution in [2.24, 2.45) is 0 Å². The Kier molecular flexibility index (Phi) is 12.7. The van der Waals surface area contributed by atoms with Gasteiger partial charge in [-0.2, -0.15) is 0 Å². The number of anilines is 1. The number of hydrogen-bond donors (Lipinski definition) is 4. The van der Waals surface area contributed by atoms with E-state index in [2.05, 4.69) is 78.3 Å². The molecule has 0 bridgehead atoms. The molecule has 2 aromatic rings. The molecule has 2 heterocycles. The van der Waals surface area contributed by atoms with Gasteiger partial charge in [0.1, 0.15) is 0 Å². The monoisotopic (exact) mass is 569 g/mol. The van der Waals surface area contributed by atoms with Crippen molar-refractivity contribution in [3.63, 3.8) is 0 Å². The minimum Gasteiger partial charge on any atom is -0.473 e. The van der Waals surface area contributed by atoms with Gasteiger partial charge in [-0.3, -0.25) is 14.6 Å². The molecule has 2 unspecified atom stereocenters. The third-order valence-electron chi connectivity index (χ3n) is 6.60. The van der Waals surface area contributed by atoms with E-state index >= 15 is 0 Å². The summed E-state index contributed by atoms with van der Waals surface area (Å²) in [6.07, 6.45) is 5.38. The van der Waals surface area contributed by atoms with Gasteiger partial charge in [-0.1, -0.05) is 60.7 Å². The number of hydrogen-bond acceptors (Lipinski definition) is 7. The molecule has 1 saturated heterocycles. The number of carbonyl (C=O) groups excluding carboxylic acids is 1. The second-order valence-corrected chi connectivity index (χ2v) is 9.44. The summed E-state index contributed by atoms with van der Waals surface area (Å²) in [7, 11) is 0. The van der Waals surface area contributed by atoms with Gasteiger partial charge in [-0.25, -0.2) is 19.2 Å². The van der Waals surface area contributed by atoms with Gasteiger partial charge < -0.3 is 25.3 Å². The SMILES string of the molecule is CC(C(=O)N1c2ccccc2CC1C)N1CCN(CC=Cc2ccccc2)CC1.O=C(O)C(=O)O.O=C(O)C(=O)O. The lowest BCUT2D eigenvalue weighted by atomic mass is 10.1. The zero-order valence-corrected chi connectivity index (χ0v) is 22.9. The molecule has 0 saturated carbocycles. The molecule has 0 aliphatic carbocycles. The summed E-state index contributed by atoms with van der Waals surface area (Å²) in [6.45, 7) is 9.07. The first-order chi connectivity index (χ1) is 19.4. The Balaban J connectivity index is 0.000000413. The number of carbonyl (C=O) groups is 5. The molecule has 0 aromatic heterocycles. The van der Waals surface area contributed by atoms with E-state index < -0.39 is 23.9 Å². The molecule has 12 nitrogen and oxygen atoms in total. The maximum atomic E-state index is 13.3. The van der Waals surface area contributed by atoms with E-state index in [9.17, 15) is 4.79 Å². The van der Waals surface area contributed by atoms with Crippen LogP contribution in [0.15, 0.2) is 60.7 Å². The van der Waals surface area contributed by atoms with E-state index in [1.54, 1.807) is 0 Å². The second-order valence-electron chi connectivity index (χ2n) is 9.44. The van der Waals surface area contributed by atoms with Crippen LogP contribution in [-0.2, 0) is 30.4 Å². The molecule has 0 radical (unpaired) electrons. The summed E-state index contributed by atoms with van der Waals surface area (Å²) < 4.78 is 0. The molecule has 2 atom stereocenters. The van der Waals surface area contributed by atoms with Gasteiger partial charge >= 0.3 is 23.9 Å². The first kappa shape index (κ1) is 32.7. The molecule has 2 aromatic carbocycles. The fourth-order valence-electron chi connectivity index (χ4n) is 4.49. The van der Waals surface area contributed by atoms with Gasteiger partial charge in [-0.15, -0.1) is 0 Å².